The van der Waals surface area contributed by atoms with Crippen molar-refractivity contribution in [3.8, 4) is 0 Å². The van der Waals surface area contributed by atoms with Crippen LogP contribution in [-0.4, -0.2) is 45.4 Å². The van der Waals surface area contributed by atoms with Gasteiger partial charge in [-0.25, -0.2) is 9.97 Å². The largest absolute Gasteiger partial charge is 0.386 e. The van der Waals surface area contributed by atoms with Crippen molar-refractivity contribution in [2.24, 2.45) is 0 Å². The molecule has 1 atom stereocenters. The van der Waals surface area contributed by atoms with Crippen molar-refractivity contribution in [3.05, 3.63) is 23.1 Å². The van der Waals surface area contributed by atoms with Gasteiger partial charge >= 0.3 is 0 Å². The van der Waals surface area contributed by atoms with Crippen molar-refractivity contribution in [1.29, 1.82) is 0 Å². The predicted molar refractivity (Wildman–Crippen MR) is 73.9 cm³/mol. The lowest BCUT2D eigenvalue weighted by Gasteiger charge is -2.21. The molecule has 6 nitrogen and oxygen atoms in total. The molecule has 1 fully saturated rings. The molecule has 0 radical (unpaired) electrons. The number of hydrogen-bond donors (Lipinski definition) is 2. The van der Waals surface area contributed by atoms with Crippen molar-refractivity contribution < 1.29 is 9.84 Å². The maximum Gasteiger partial charge on any atom is 0.154 e. The molecule has 0 aromatic carbocycles. The molecule has 0 amide bonds. The van der Waals surface area contributed by atoms with E-state index in [1.165, 1.54) is 0 Å². The first-order chi connectivity index (χ1) is 9.18. The summed E-state index contributed by atoms with van der Waals surface area (Å²) in [6.07, 6.45) is 5.55. The molecule has 100 valence electrons. The minimum atomic E-state index is -0.830. The van der Waals surface area contributed by atoms with Gasteiger partial charge < -0.3 is 15.2 Å². The van der Waals surface area contributed by atoms with Gasteiger partial charge in [0.25, 0.3) is 0 Å². The first-order valence-corrected chi connectivity index (χ1v) is 6.76. The monoisotopic (exact) mass is 324 g/mol. The number of nitrogens with zero attached hydrogens (tertiary/aromatic N) is 3. The molecule has 1 saturated heterocycles. The number of aliphatic hydroxyl groups is 1. The zero-order chi connectivity index (χ0) is 13.3. The Bertz CT molecular complexity index is 601. The van der Waals surface area contributed by atoms with E-state index in [1.54, 1.807) is 18.6 Å². The number of hydrogen-bond acceptors (Lipinski definition) is 6. The summed E-state index contributed by atoms with van der Waals surface area (Å²) >= 11 is 3.40. The van der Waals surface area contributed by atoms with E-state index in [4.69, 9.17) is 4.74 Å². The Morgan fingerprint density at radius 3 is 2.84 bits per heavy atom. The maximum absolute atomic E-state index is 10.2. The third kappa shape index (κ3) is 2.54. The van der Waals surface area contributed by atoms with E-state index in [0.717, 1.165) is 9.99 Å². The fourth-order valence-corrected chi connectivity index (χ4v) is 2.44. The smallest absolute Gasteiger partial charge is 0.154 e. The number of pyridine rings is 1. The first kappa shape index (κ1) is 12.7. The number of halogens is 1. The van der Waals surface area contributed by atoms with Crippen LogP contribution in [-0.2, 0) is 4.74 Å². The fraction of sp³-hybridized carbons (Fsp3) is 0.417. The molecule has 3 rings (SSSR count). The van der Waals surface area contributed by atoms with Crippen LogP contribution in [0.3, 0.4) is 0 Å². The maximum atomic E-state index is 10.2. The summed E-state index contributed by atoms with van der Waals surface area (Å²) in [7, 11) is 0. The quantitative estimate of drug-likeness (QED) is 0.887. The molecule has 1 aliphatic rings. The molecule has 2 aromatic rings. The molecule has 0 bridgehead atoms. The van der Waals surface area contributed by atoms with Crippen LogP contribution in [0.15, 0.2) is 23.1 Å². The second kappa shape index (κ2) is 4.99. The number of fused-ring (bicyclic) bond motifs is 1. The highest BCUT2D eigenvalue weighted by Crippen LogP contribution is 2.25. The Morgan fingerprint density at radius 1 is 1.32 bits per heavy atom. The van der Waals surface area contributed by atoms with Crippen LogP contribution < -0.4 is 5.32 Å². The van der Waals surface area contributed by atoms with E-state index in [1.807, 2.05) is 0 Å². The summed E-state index contributed by atoms with van der Waals surface area (Å²) in [5, 5.41) is 13.4. The molecule has 0 spiro atoms. The predicted octanol–water partition coefficient (Wildman–Crippen LogP) is 1.35. The fourth-order valence-electron chi connectivity index (χ4n) is 2.04. The van der Waals surface area contributed by atoms with Crippen LogP contribution >= 0.6 is 15.9 Å². The van der Waals surface area contributed by atoms with Gasteiger partial charge in [-0.1, -0.05) is 0 Å². The Kier molecular flexibility index (Phi) is 3.34. The normalized spacial score (nSPS) is 22.8. The number of ether oxygens (including phenoxy) is 1. The number of rotatable bonds is 3. The summed E-state index contributed by atoms with van der Waals surface area (Å²) in [5.74, 6) is 0.617. The third-order valence-electron chi connectivity index (χ3n) is 3.12. The molecule has 2 aromatic heterocycles. The lowest BCUT2D eigenvalue weighted by atomic mass is 10.0. The Hall–Kier alpha value is -1.31. The van der Waals surface area contributed by atoms with E-state index >= 15 is 0 Å². The lowest BCUT2D eigenvalue weighted by molar-refractivity contribution is 0.0381. The summed E-state index contributed by atoms with van der Waals surface area (Å²) in [4.78, 5) is 12.8. The van der Waals surface area contributed by atoms with E-state index < -0.39 is 5.60 Å². The average molecular weight is 325 g/mol. The van der Waals surface area contributed by atoms with E-state index in [0.29, 0.717) is 37.5 Å². The summed E-state index contributed by atoms with van der Waals surface area (Å²) in [6, 6.07) is 0. The van der Waals surface area contributed by atoms with Gasteiger partial charge in [0.2, 0.25) is 0 Å². The van der Waals surface area contributed by atoms with Gasteiger partial charge in [-0.3, -0.25) is 4.98 Å². The van der Waals surface area contributed by atoms with E-state index in [-0.39, 0.29) is 0 Å². The molecule has 7 heteroatoms. The number of anilines is 1. The molecule has 0 unspecified atom stereocenters. The van der Waals surface area contributed by atoms with Gasteiger partial charge in [0.15, 0.2) is 5.82 Å². The van der Waals surface area contributed by atoms with Crippen LogP contribution in [0.25, 0.3) is 11.0 Å². The summed E-state index contributed by atoms with van der Waals surface area (Å²) in [6.45, 7) is 1.32. The van der Waals surface area contributed by atoms with Gasteiger partial charge in [0, 0.05) is 38.2 Å². The van der Waals surface area contributed by atoms with Crippen molar-refractivity contribution in [3.63, 3.8) is 0 Å². The van der Waals surface area contributed by atoms with Crippen molar-refractivity contribution >= 4 is 32.8 Å². The molecule has 2 N–H and O–H groups in total. The minimum absolute atomic E-state index is 0.347. The van der Waals surface area contributed by atoms with Gasteiger partial charge in [0.1, 0.15) is 16.6 Å². The van der Waals surface area contributed by atoms with Gasteiger partial charge in [-0.15, -0.1) is 0 Å². The highest BCUT2D eigenvalue weighted by atomic mass is 79.9. The molecular weight excluding hydrogens is 312 g/mol. The molecule has 0 aliphatic carbocycles. The topological polar surface area (TPSA) is 80.2 Å². The average Bonchev–Trinajstić information content (AvgIpc) is 2.86. The van der Waals surface area contributed by atoms with Crippen LogP contribution in [0.1, 0.15) is 6.42 Å². The summed E-state index contributed by atoms with van der Waals surface area (Å²) in [5.41, 5.74) is 0.595. The molecule has 0 saturated carbocycles. The minimum Gasteiger partial charge on any atom is -0.386 e. The zero-order valence-electron chi connectivity index (χ0n) is 10.1. The summed E-state index contributed by atoms with van der Waals surface area (Å²) < 4.78 is 6.00. The highest BCUT2D eigenvalue weighted by molar-refractivity contribution is 9.10. The van der Waals surface area contributed by atoms with Crippen molar-refractivity contribution in [1.82, 2.24) is 15.0 Å². The first-order valence-electron chi connectivity index (χ1n) is 5.97. The van der Waals surface area contributed by atoms with Crippen LogP contribution in [0, 0.1) is 0 Å². The van der Waals surface area contributed by atoms with Crippen molar-refractivity contribution in [2.45, 2.75) is 12.0 Å². The van der Waals surface area contributed by atoms with Crippen LogP contribution in [0.2, 0.25) is 0 Å². The zero-order valence-corrected chi connectivity index (χ0v) is 11.7. The van der Waals surface area contributed by atoms with Crippen molar-refractivity contribution in [2.75, 3.05) is 25.1 Å². The van der Waals surface area contributed by atoms with Gasteiger partial charge in [-0.05, 0) is 15.9 Å². The molecule has 19 heavy (non-hydrogen) atoms. The van der Waals surface area contributed by atoms with Crippen LogP contribution in [0.4, 0.5) is 5.82 Å². The SMILES string of the molecule is O[C@@]1(CNc2ncc(Br)c3nccnc23)CCOC1. The molecular formula is C12H13BrN4O2. The molecule has 3 heterocycles. The number of aromatic nitrogens is 3. The Morgan fingerprint density at radius 2 is 2.11 bits per heavy atom. The molecule has 1 aliphatic heterocycles. The van der Waals surface area contributed by atoms with E-state index in [9.17, 15) is 5.11 Å². The Balaban J connectivity index is 1.87. The highest BCUT2D eigenvalue weighted by Gasteiger charge is 2.32. The standard InChI is InChI=1S/C12H13BrN4O2/c13-8-5-16-11(10-9(8)14-2-3-15-10)17-6-12(18)1-4-19-7-12/h2-3,5,18H,1,4,6-7H2,(H,16,17)/t12-/m1/s1. The lowest BCUT2D eigenvalue weighted by Crippen LogP contribution is -2.37. The van der Waals surface area contributed by atoms with E-state index in [2.05, 4.69) is 36.2 Å². The number of nitrogens with one attached hydrogen (secondary N) is 1. The van der Waals surface area contributed by atoms with Crippen LogP contribution in [0.5, 0.6) is 0 Å². The van der Waals surface area contributed by atoms with Gasteiger partial charge in [0.05, 0.1) is 11.1 Å². The second-order valence-corrected chi connectivity index (χ2v) is 5.44. The second-order valence-electron chi connectivity index (χ2n) is 4.59. The Labute approximate surface area is 118 Å². The third-order valence-corrected chi connectivity index (χ3v) is 3.70. The van der Waals surface area contributed by atoms with Gasteiger partial charge in [-0.2, -0.15) is 0 Å².